The van der Waals surface area contributed by atoms with Gasteiger partial charge in [0, 0.05) is 11.5 Å². The third-order valence-corrected chi connectivity index (χ3v) is 9.96. The molecule has 0 saturated heterocycles. The fourth-order valence-corrected chi connectivity index (χ4v) is 8.39. The zero-order valence-electron chi connectivity index (χ0n) is 18.7. The van der Waals surface area contributed by atoms with Crippen LogP contribution in [-0.4, -0.2) is 34.5 Å². The molecule has 1 aliphatic heterocycles. The van der Waals surface area contributed by atoms with Crippen LogP contribution in [0.25, 0.3) is 0 Å². The summed E-state index contributed by atoms with van der Waals surface area (Å²) < 4.78 is 5.20. The monoisotopic (exact) mass is 404 g/mol. The van der Waals surface area contributed by atoms with Crippen molar-refractivity contribution in [3.05, 3.63) is 11.6 Å². The Hall–Kier alpha value is -0.870. The van der Waals surface area contributed by atoms with Gasteiger partial charge in [0.2, 0.25) is 0 Å². The van der Waals surface area contributed by atoms with Gasteiger partial charge in [-0.3, -0.25) is 0 Å². The molecule has 8 unspecified atom stereocenters. The molecule has 164 valence electrons. The highest BCUT2D eigenvalue weighted by molar-refractivity contribution is 5.85. The smallest absolute Gasteiger partial charge is 0.331 e. The van der Waals surface area contributed by atoms with Crippen molar-refractivity contribution in [2.45, 2.75) is 97.2 Å². The van der Waals surface area contributed by atoms with Crippen LogP contribution >= 0.6 is 0 Å². The van der Waals surface area contributed by atoms with E-state index in [2.05, 4.69) is 13.8 Å². The normalized spacial score (nSPS) is 51.0. The van der Waals surface area contributed by atoms with E-state index < -0.39 is 5.60 Å². The third kappa shape index (κ3) is 2.96. The fourth-order valence-electron chi connectivity index (χ4n) is 8.39. The zero-order valence-corrected chi connectivity index (χ0v) is 18.7. The van der Waals surface area contributed by atoms with Gasteiger partial charge in [-0.1, -0.05) is 27.7 Å². The van der Waals surface area contributed by atoms with Gasteiger partial charge in [0.1, 0.15) is 6.61 Å². The molecule has 4 saturated carbocycles. The quantitative estimate of drug-likeness (QED) is 0.625. The Morgan fingerprint density at radius 2 is 1.76 bits per heavy atom. The standard InChI is InChI=1S/C23H34O4.C2H6/c1-21-8-5-16(24)12-15(21)3-4-19-18(21)6-9-22(2)17(7-10-23(19,22)26)14-11-20(25)27-13-14;1-2/h11,15-19,24,26H,3-10,12-13H2,1-2H3;1-2H3. The van der Waals surface area contributed by atoms with Gasteiger partial charge < -0.3 is 14.9 Å². The molecule has 1 heterocycles. The predicted molar refractivity (Wildman–Crippen MR) is 113 cm³/mol. The molecule has 4 fully saturated rings. The molecule has 29 heavy (non-hydrogen) atoms. The molecule has 5 rings (SSSR count). The number of carbonyl (C=O) groups excluding carboxylic acids is 1. The average molecular weight is 405 g/mol. The molecule has 4 aliphatic carbocycles. The number of hydrogen-bond donors (Lipinski definition) is 2. The molecular weight excluding hydrogens is 364 g/mol. The highest BCUT2D eigenvalue weighted by atomic mass is 16.5. The molecule has 4 nitrogen and oxygen atoms in total. The van der Waals surface area contributed by atoms with E-state index in [0.29, 0.717) is 24.4 Å². The van der Waals surface area contributed by atoms with E-state index in [1.807, 2.05) is 13.8 Å². The maximum Gasteiger partial charge on any atom is 0.331 e. The number of rotatable bonds is 1. The van der Waals surface area contributed by atoms with E-state index in [9.17, 15) is 15.0 Å². The Morgan fingerprint density at radius 3 is 2.45 bits per heavy atom. The van der Waals surface area contributed by atoms with Crippen molar-refractivity contribution >= 4 is 5.97 Å². The van der Waals surface area contributed by atoms with Gasteiger partial charge in [-0.25, -0.2) is 4.79 Å². The maximum atomic E-state index is 12.1. The summed E-state index contributed by atoms with van der Waals surface area (Å²) in [4.78, 5) is 11.6. The topological polar surface area (TPSA) is 66.8 Å². The number of ether oxygens (including phenoxy) is 1. The molecule has 0 bridgehead atoms. The third-order valence-electron chi connectivity index (χ3n) is 9.96. The number of carbonyl (C=O) groups is 1. The van der Waals surface area contributed by atoms with Crippen LogP contribution in [0, 0.1) is 34.5 Å². The lowest BCUT2D eigenvalue weighted by Gasteiger charge is -2.63. The number of aliphatic hydroxyl groups excluding tert-OH is 1. The first kappa shape index (κ1) is 21.4. The predicted octanol–water partition coefficient (Wildman–Crippen LogP) is 4.63. The largest absolute Gasteiger partial charge is 0.458 e. The van der Waals surface area contributed by atoms with Gasteiger partial charge in [0.25, 0.3) is 0 Å². The number of hydrogen-bond acceptors (Lipinski definition) is 4. The summed E-state index contributed by atoms with van der Waals surface area (Å²) in [6.07, 6.45) is 10.8. The number of aliphatic hydroxyl groups is 2. The van der Waals surface area contributed by atoms with Gasteiger partial charge in [-0.2, -0.15) is 0 Å². The molecule has 5 aliphatic rings. The molecule has 2 N–H and O–H groups in total. The minimum atomic E-state index is -0.628. The van der Waals surface area contributed by atoms with Gasteiger partial charge in [0.05, 0.1) is 11.7 Å². The number of fused-ring (bicyclic) bond motifs is 5. The Kier molecular flexibility index (Phi) is 5.43. The zero-order chi connectivity index (χ0) is 21.0. The summed E-state index contributed by atoms with van der Waals surface area (Å²) in [7, 11) is 0. The van der Waals surface area contributed by atoms with Crippen LogP contribution in [0.3, 0.4) is 0 Å². The van der Waals surface area contributed by atoms with Crippen LogP contribution < -0.4 is 0 Å². The summed E-state index contributed by atoms with van der Waals surface area (Å²) >= 11 is 0. The highest BCUT2D eigenvalue weighted by Crippen LogP contribution is 2.69. The van der Waals surface area contributed by atoms with Crippen LogP contribution in [-0.2, 0) is 9.53 Å². The van der Waals surface area contributed by atoms with Crippen molar-refractivity contribution in [3.8, 4) is 0 Å². The molecule has 8 atom stereocenters. The maximum absolute atomic E-state index is 12.1. The van der Waals surface area contributed by atoms with Crippen LogP contribution in [0.15, 0.2) is 11.6 Å². The molecule has 0 radical (unpaired) electrons. The summed E-state index contributed by atoms with van der Waals surface area (Å²) in [6.45, 7) is 9.15. The summed E-state index contributed by atoms with van der Waals surface area (Å²) in [5, 5.41) is 22.3. The van der Waals surface area contributed by atoms with Gasteiger partial charge >= 0.3 is 5.97 Å². The van der Waals surface area contributed by atoms with E-state index in [-0.39, 0.29) is 28.8 Å². The molecular formula is C25H40O4. The van der Waals surface area contributed by atoms with Crippen LogP contribution in [0.1, 0.15) is 85.5 Å². The molecule has 0 spiro atoms. The second kappa shape index (κ2) is 7.37. The Labute approximate surface area is 176 Å². The second-order valence-corrected chi connectivity index (χ2v) is 10.7. The van der Waals surface area contributed by atoms with E-state index in [1.165, 1.54) is 6.42 Å². The molecule has 0 aromatic rings. The lowest BCUT2D eigenvalue weighted by Crippen LogP contribution is -2.62. The second-order valence-electron chi connectivity index (χ2n) is 10.7. The minimum Gasteiger partial charge on any atom is -0.458 e. The summed E-state index contributed by atoms with van der Waals surface area (Å²) in [5.41, 5.74) is 0.600. The van der Waals surface area contributed by atoms with Crippen molar-refractivity contribution in [1.29, 1.82) is 0 Å². The van der Waals surface area contributed by atoms with E-state index in [0.717, 1.165) is 56.9 Å². The first-order valence-electron chi connectivity index (χ1n) is 12.1. The van der Waals surface area contributed by atoms with Crippen molar-refractivity contribution in [2.75, 3.05) is 6.61 Å². The Bertz CT molecular complexity index is 686. The number of cyclic esters (lactones) is 1. The van der Waals surface area contributed by atoms with Crippen LogP contribution in [0.4, 0.5) is 0 Å². The lowest BCUT2D eigenvalue weighted by atomic mass is 9.43. The average Bonchev–Trinajstić information content (AvgIpc) is 3.24. The van der Waals surface area contributed by atoms with Crippen molar-refractivity contribution in [3.63, 3.8) is 0 Å². The fraction of sp³-hybridized carbons (Fsp3) is 0.880. The van der Waals surface area contributed by atoms with Gasteiger partial charge in [-0.15, -0.1) is 0 Å². The number of esters is 1. The molecule has 4 heteroatoms. The Balaban J connectivity index is 0.000000994. The van der Waals surface area contributed by atoms with Crippen molar-refractivity contribution in [1.82, 2.24) is 0 Å². The van der Waals surface area contributed by atoms with E-state index in [1.54, 1.807) is 6.08 Å². The molecule has 0 aromatic carbocycles. The SMILES string of the molecule is CC.CC12CCC(O)CC1CCC1C2CCC2(C)C(C3=CC(=O)OC3)CCC12O. The van der Waals surface area contributed by atoms with Gasteiger partial charge in [-0.05, 0) is 92.4 Å². The summed E-state index contributed by atoms with van der Waals surface area (Å²) in [5.74, 6) is 1.59. The van der Waals surface area contributed by atoms with Crippen LogP contribution in [0.2, 0.25) is 0 Å². The van der Waals surface area contributed by atoms with Crippen LogP contribution in [0.5, 0.6) is 0 Å². The van der Waals surface area contributed by atoms with E-state index in [4.69, 9.17) is 4.74 Å². The Morgan fingerprint density at radius 1 is 1.00 bits per heavy atom. The minimum absolute atomic E-state index is 0.126. The van der Waals surface area contributed by atoms with E-state index >= 15 is 0 Å². The van der Waals surface area contributed by atoms with Crippen molar-refractivity contribution < 1.29 is 19.7 Å². The van der Waals surface area contributed by atoms with Crippen molar-refractivity contribution in [2.24, 2.45) is 34.5 Å². The van der Waals surface area contributed by atoms with Gasteiger partial charge in [0.15, 0.2) is 0 Å². The highest BCUT2D eigenvalue weighted by Gasteiger charge is 2.67. The first-order chi connectivity index (χ1) is 13.8. The molecule has 0 amide bonds. The molecule has 0 aromatic heterocycles. The summed E-state index contributed by atoms with van der Waals surface area (Å²) in [6, 6.07) is 0. The first-order valence-corrected chi connectivity index (χ1v) is 12.1. The lowest BCUT2D eigenvalue weighted by molar-refractivity contribution is -0.208.